The minimum absolute atomic E-state index is 0.0161. The van der Waals surface area contributed by atoms with Crippen LogP contribution in [0.5, 0.6) is 0 Å². The monoisotopic (exact) mass is 596 g/mol. The largest absolute Gasteiger partial charge is 0.397 e. The molecule has 4 rings (SSSR count). The van der Waals surface area contributed by atoms with Gasteiger partial charge in [0, 0.05) is 35.7 Å². The van der Waals surface area contributed by atoms with Gasteiger partial charge in [0.2, 0.25) is 0 Å². The molecule has 1 aromatic carbocycles. The van der Waals surface area contributed by atoms with Crippen LogP contribution in [0, 0.1) is 5.92 Å². The molecule has 6 N–H and O–H groups in total. The molecule has 1 aliphatic rings. The van der Waals surface area contributed by atoms with Gasteiger partial charge in [-0.25, -0.2) is 13.4 Å². The number of nitrogen functional groups attached to an aromatic ring is 1. The number of pyridine rings is 2. The fourth-order valence-electron chi connectivity index (χ4n) is 5.67. The number of hydrogen-bond acceptors (Lipinski definition) is 8. The van der Waals surface area contributed by atoms with Gasteiger partial charge in [0.15, 0.2) is 15.5 Å². The molecule has 1 aliphatic carbocycles. The summed E-state index contributed by atoms with van der Waals surface area (Å²) in [6.45, 7) is 5.67. The Bertz CT molecular complexity index is 1570. The zero-order chi connectivity index (χ0) is 30.1. The van der Waals surface area contributed by atoms with Crippen molar-refractivity contribution in [3.05, 3.63) is 65.6 Å². The first kappa shape index (κ1) is 30.6. The van der Waals surface area contributed by atoms with Gasteiger partial charge in [-0.05, 0) is 79.7 Å². The average Bonchev–Trinajstić information content (AvgIpc) is 2.88. The molecule has 2 amide bonds. The van der Waals surface area contributed by atoms with Crippen LogP contribution in [0.25, 0.3) is 11.3 Å². The molecule has 0 aliphatic heterocycles. The molecule has 10 nitrogen and oxygen atoms in total. The normalized spacial score (nSPS) is 21.0. The Balaban J connectivity index is 1.61. The van der Waals surface area contributed by atoms with Gasteiger partial charge in [0.1, 0.15) is 0 Å². The van der Waals surface area contributed by atoms with Crippen molar-refractivity contribution < 1.29 is 18.0 Å². The third-order valence-electron chi connectivity index (χ3n) is 7.39. The molecule has 2 heterocycles. The summed E-state index contributed by atoms with van der Waals surface area (Å²) in [4.78, 5) is 34.8. The molecule has 1 saturated carbocycles. The van der Waals surface area contributed by atoms with Crippen LogP contribution >= 0.6 is 9.24 Å². The van der Waals surface area contributed by atoms with E-state index >= 15 is 0 Å². The lowest BCUT2D eigenvalue weighted by molar-refractivity contribution is 0.0942. The number of nitrogens with zero attached hydrogens (tertiary/aromatic N) is 2. The number of benzene rings is 1. The summed E-state index contributed by atoms with van der Waals surface area (Å²) >= 11 is 0. The Kier molecular flexibility index (Phi) is 9.11. The minimum Gasteiger partial charge on any atom is -0.397 e. The third-order valence-corrected chi connectivity index (χ3v) is 9.69. The van der Waals surface area contributed by atoms with Crippen molar-refractivity contribution in [2.75, 3.05) is 17.3 Å². The van der Waals surface area contributed by atoms with Gasteiger partial charge in [-0.2, -0.15) is 0 Å². The van der Waals surface area contributed by atoms with Crippen LogP contribution in [0.3, 0.4) is 0 Å². The van der Waals surface area contributed by atoms with Crippen LogP contribution in [-0.4, -0.2) is 53.8 Å². The van der Waals surface area contributed by atoms with Crippen LogP contribution in [0.2, 0.25) is 0 Å². The van der Waals surface area contributed by atoms with Gasteiger partial charge in [0.25, 0.3) is 11.8 Å². The SMILES string of the molecule is CC(C)NC(=O)c1ccc(P)c(-c2ccc(N)c(C(=O)Nc3cnccc3C3CC(C)C(S(C)(=O)=O)C(N)C3)n2)c1. The lowest BCUT2D eigenvalue weighted by Crippen LogP contribution is -2.48. The minimum atomic E-state index is -3.30. The molecular formula is C29H37N6O4PS. The summed E-state index contributed by atoms with van der Waals surface area (Å²) in [7, 11) is -0.672. The van der Waals surface area contributed by atoms with Gasteiger partial charge in [-0.3, -0.25) is 14.6 Å². The van der Waals surface area contributed by atoms with Gasteiger partial charge in [0.05, 0.1) is 28.5 Å². The molecule has 5 unspecified atom stereocenters. The van der Waals surface area contributed by atoms with E-state index in [1.54, 1.807) is 42.7 Å². The van der Waals surface area contributed by atoms with E-state index in [9.17, 15) is 18.0 Å². The number of amides is 2. The van der Waals surface area contributed by atoms with Crippen molar-refractivity contribution in [2.24, 2.45) is 11.7 Å². The topological polar surface area (TPSA) is 170 Å². The summed E-state index contributed by atoms with van der Waals surface area (Å²) in [6, 6.07) is 9.87. The smallest absolute Gasteiger partial charge is 0.276 e. The molecule has 3 aromatic rings. The molecule has 12 heteroatoms. The Morgan fingerprint density at radius 1 is 1.10 bits per heavy atom. The van der Waals surface area contributed by atoms with Crippen LogP contribution in [0.4, 0.5) is 11.4 Å². The van der Waals surface area contributed by atoms with E-state index < -0.39 is 27.0 Å². The van der Waals surface area contributed by atoms with E-state index in [4.69, 9.17) is 11.5 Å². The van der Waals surface area contributed by atoms with Crippen molar-refractivity contribution in [3.63, 3.8) is 0 Å². The predicted molar refractivity (Wildman–Crippen MR) is 166 cm³/mol. The zero-order valence-corrected chi connectivity index (χ0v) is 25.6. The van der Waals surface area contributed by atoms with Crippen LogP contribution in [0.15, 0.2) is 48.8 Å². The summed E-state index contributed by atoms with van der Waals surface area (Å²) < 4.78 is 24.6. The number of anilines is 2. The van der Waals surface area contributed by atoms with Crippen LogP contribution < -0.4 is 27.4 Å². The summed E-state index contributed by atoms with van der Waals surface area (Å²) in [5, 5.41) is 5.98. The molecule has 41 heavy (non-hydrogen) atoms. The first-order valence-electron chi connectivity index (χ1n) is 13.4. The van der Waals surface area contributed by atoms with Crippen LogP contribution in [0.1, 0.15) is 65.9 Å². The van der Waals surface area contributed by atoms with Gasteiger partial charge in [-0.15, -0.1) is 9.24 Å². The van der Waals surface area contributed by atoms with Gasteiger partial charge >= 0.3 is 0 Å². The Labute approximate surface area is 243 Å². The van der Waals surface area contributed by atoms with Crippen molar-refractivity contribution in [2.45, 2.75) is 56.9 Å². The first-order valence-corrected chi connectivity index (χ1v) is 16.0. The number of hydrogen-bond donors (Lipinski definition) is 4. The number of sulfone groups is 1. The molecule has 0 radical (unpaired) electrons. The van der Waals surface area contributed by atoms with Gasteiger partial charge in [-0.1, -0.05) is 13.0 Å². The summed E-state index contributed by atoms with van der Waals surface area (Å²) in [5.41, 5.74) is 15.7. The second-order valence-electron chi connectivity index (χ2n) is 11.1. The molecule has 5 atom stereocenters. The standard InChI is InChI=1S/C29H37N6O4PS/c1-15(2)33-28(36)17-5-8-25(40)20(12-17)23-7-6-21(30)26(34-23)29(37)35-24-14-32-10-9-19(24)18-11-16(3)27(22(31)13-18)41(4,38)39/h5-10,12,14-16,18,22,27H,11,13,30-31,40H2,1-4H3,(H,33,36)(H,35,37). The molecule has 1 fully saturated rings. The van der Waals surface area contributed by atoms with E-state index in [-0.39, 0.29) is 35.2 Å². The van der Waals surface area contributed by atoms with E-state index in [0.717, 1.165) is 10.9 Å². The number of nitrogens with one attached hydrogen (secondary N) is 2. The van der Waals surface area contributed by atoms with E-state index in [0.29, 0.717) is 35.3 Å². The Morgan fingerprint density at radius 3 is 2.49 bits per heavy atom. The second-order valence-corrected chi connectivity index (χ2v) is 13.9. The summed E-state index contributed by atoms with van der Waals surface area (Å²) in [6.07, 6.45) is 5.49. The van der Waals surface area contributed by atoms with Gasteiger partial charge < -0.3 is 22.1 Å². The van der Waals surface area contributed by atoms with Crippen molar-refractivity contribution >= 4 is 47.6 Å². The second kappa shape index (κ2) is 12.2. The van der Waals surface area contributed by atoms with Crippen molar-refractivity contribution in [3.8, 4) is 11.3 Å². The quantitative estimate of drug-likeness (QED) is 0.302. The molecule has 0 saturated heterocycles. The maximum atomic E-state index is 13.5. The maximum Gasteiger partial charge on any atom is 0.276 e. The highest BCUT2D eigenvalue weighted by Gasteiger charge is 2.40. The predicted octanol–water partition coefficient (Wildman–Crippen LogP) is 2.87. The number of carbonyl (C=O) groups is 2. The number of aromatic nitrogens is 2. The first-order chi connectivity index (χ1) is 19.3. The molecule has 0 spiro atoms. The van der Waals surface area contributed by atoms with Crippen molar-refractivity contribution in [1.29, 1.82) is 0 Å². The Hall–Kier alpha value is -3.40. The highest BCUT2D eigenvalue weighted by molar-refractivity contribution is 7.91. The Morgan fingerprint density at radius 2 is 1.83 bits per heavy atom. The summed E-state index contributed by atoms with van der Waals surface area (Å²) in [5.74, 6) is -0.931. The van der Waals surface area contributed by atoms with Crippen LogP contribution in [-0.2, 0) is 9.84 Å². The average molecular weight is 597 g/mol. The number of nitrogens with two attached hydrogens (primary N) is 2. The zero-order valence-electron chi connectivity index (χ0n) is 23.6. The van der Waals surface area contributed by atoms with E-state index in [1.165, 1.54) is 6.26 Å². The lowest BCUT2D eigenvalue weighted by atomic mass is 9.76. The van der Waals surface area contributed by atoms with E-state index in [1.807, 2.05) is 26.8 Å². The lowest BCUT2D eigenvalue weighted by Gasteiger charge is -2.38. The molecule has 0 bridgehead atoms. The maximum absolute atomic E-state index is 13.5. The third kappa shape index (κ3) is 6.92. The highest BCUT2D eigenvalue weighted by Crippen LogP contribution is 2.40. The highest BCUT2D eigenvalue weighted by atomic mass is 32.2. The number of carbonyl (C=O) groups excluding carboxylic acids is 2. The van der Waals surface area contributed by atoms with Crippen molar-refractivity contribution in [1.82, 2.24) is 15.3 Å². The fourth-order valence-corrected chi connectivity index (χ4v) is 7.70. The van der Waals surface area contributed by atoms with E-state index in [2.05, 4.69) is 29.8 Å². The molecular weight excluding hydrogens is 559 g/mol. The number of rotatable bonds is 7. The molecule has 218 valence electrons. The molecule has 2 aromatic heterocycles. The fraction of sp³-hybridized carbons (Fsp3) is 0.379.